The van der Waals surface area contributed by atoms with Gasteiger partial charge in [-0.3, -0.25) is 0 Å². The summed E-state index contributed by atoms with van der Waals surface area (Å²) in [6.07, 6.45) is 0.888. The SMILES string of the molecule is Cc1c(OCCCNCC(O)C(=O)O)cccc1-c1cccc(OCCCN2CCC(O)C2)c1C. The fourth-order valence-corrected chi connectivity index (χ4v) is 4.32. The second-order valence-electron chi connectivity index (χ2n) is 9.06. The molecule has 2 aromatic carbocycles. The van der Waals surface area contributed by atoms with Crippen LogP contribution < -0.4 is 14.8 Å². The average molecular weight is 487 g/mol. The van der Waals surface area contributed by atoms with Crippen molar-refractivity contribution < 1.29 is 29.6 Å². The monoisotopic (exact) mass is 486 g/mol. The van der Waals surface area contributed by atoms with E-state index in [4.69, 9.17) is 14.6 Å². The second kappa shape index (κ2) is 13.4. The van der Waals surface area contributed by atoms with Gasteiger partial charge in [-0.15, -0.1) is 0 Å². The summed E-state index contributed by atoms with van der Waals surface area (Å²) < 4.78 is 12.1. The molecule has 0 aromatic heterocycles. The molecule has 8 nitrogen and oxygen atoms in total. The lowest BCUT2D eigenvalue weighted by Gasteiger charge is -2.18. The first-order valence-corrected chi connectivity index (χ1v) is 12.3. The smallest absolute Gasteiger partial charge is 0.333 e. The van der Waals surface area contributed by atoms with Crippen LogP contribution in [0.25, 0.3) is 11.1 Å². The summed E-state index contributed by atoms with van der Waals surface area (Å²) in [5, 5.41) is 30.5. The molecule has 0 bridgehead atoms. The Balaban J connectivity index is 1.52. The highest BCUT2D eigenvalue weighted by molar-refractivity contribution is 5.74. The number of carboxylic acid groups (broad SMARTS) is 1. The first-order chi connectivity index (χ1) is 16.9. The van der Waals surface area contributed by atoms with Crippen LogP contribution in [-0.4, -0.2) is 84.3 Å². The van der Waals surface area contributed by atoms with Crippen molar-refractivity contribution in [2.75, 3.05) is 45.9 Å². The van der Waals surface area contributed by atoms with E-state index in [2.05, 4.69) is 29.3 Å². The maximum atomic E-state index is 10.6. The van der Waals surface area contributed by atoms with E-state index in [1.54, 1.807) is 0 Å². The summed E-state index contributed by atoms with van der Waals surface area (Å²) in [6.45, 7) is 8.46. The largest absolute Gasteiger partial charge is 0.493 e. The number of benzene rings is 2. The van der Waals surface area contributed by atoms with Crippen LogP contribution in [0.1, 0.15) is 30.4 Å². The molecule has 0 amide bonds. The van der Waals surface area contributed by atoms with Gasteiger partial charge in [0.15, 0.2) is 6.10 Å². The Hall–Kier alpha value is -2.65. The van der Waals surface area contributed by atoms with Crippen molar-refractivity contribution in [2.24, 2.45) is 0 Å². The third-order valence-electron chi connectivity index (χ3n) is 6.36. The van der Waals surface area contributed by atoms with Gasteiger partial charge in [0.05, 0.1) is 19.3 Å². The average Bonchev–Trinajstić information content (AvgIpc) is 3.25. The Kier molecular flexibility index (Phi) is 10.3. The molecule has 1 saturated heterocycles. The van der Waals surface area contributed by atoms with Crippen LogP contribution in [0.5, 0.6) is 11.5 Å². The quantitative estimate of drug-likeness (QED) is 0.302. The summed E-state index contributed by atoms with van der Waals surface area (Å²) in [4.78, 5) is 12.9. The number of nitrogens with zero attached hydrogens (tertiary/aromatic N) is 1. The van der Waals surface area contributed by atoms with E-state index in [1.807, 2.05) is 31.2 Å². The van der Waals surface area contributed by atoms with E-state index >= 15 is 0 Å². The number of carbonyl (C=O) groups is 1. The molecule has 3 rings (SSSR count). The fourth-order valence-electron chi connectivity index (χ4n) is 4.32. The van der Waals surface area contributed by atoms with Crippen LogP contribution in [0.15, 0.2) is 36.4 Å². The van der Waals surface area contributed by atoms with Gasteiger partial charge >= 0.3 is 5.97 Å². The molecule has 1 fully saturated rings. The van der Waals surface area contributed by atoms with Crippen molar-refractivity contribution in [1.29, 1.82) is 0 Å². The van der Waals surface area contributed by atoms with E-state index in [1.165, 1.54) is 0 Å². The van der Waals surface area contributed by atoms with E-state index in [0.717, 1.165) is 66.2 Å². The summed E-state index contributed by atoms with van der Waals surface area (Å²) >= 11 is 0. The van der Waals surface area contributed by atoms with Gasteiger partial charge in [0.2, 0.25) is 0 Å². The van der Waals surface area contributed by atoms with Gasteiger partial charge in [0.1, 0.15) is 11.5 Å². The molecule has 0 saturated carbocycles. The molecule has 2 atom stereocenters. The van der Waals surface area contributed by atoms with Gasteiger partial charge in [-0.1, -0.05) is 24.3 Å². The topological polar surface area (TPSA) is 111 Å². The van der Waals surface area contributed by atoms with Crippen LogP contribution in [0, 0.1) is 13.8 Å². The minimum Gasteiger partial charge on any atom is -0.493 e. The first kappa shape index (κ1) is 26.9. The Morgan fingerprint density at radius 3 is 2.20 bits per heavy atom. The number of aliphatic hydroxyl groups is 2. The van der Waals surface area contributed by atoms with Crippen molar-refractivity contribution in [3.05, 3.63) is 47.5 Å². The maximum absolute atomic E-state index is 10.6. The number of hydrogen-bond donors (Lipinski definition) is 4. The van der Waals surface area contributed by atoms with Crippen LogP contribution in [0.4, 0.5) is 0 Å². The van der Waals surface area contributed by atoms with Crippen LogP contribution in [0.2, 0.25) is 0 Å². The van der Waals surface area contributed by atoms with Crippen molar-refractivity contribution in [3.8, 4) is 22.6 Å². The molecule has 0 spiro atoms. The predicted molar refractivity (Wildman–Crippen MR) is 135 cm³/mol. The molecule has 0 radical (unpaired) electrons. The number of ether oxygens (including phenoxy) is 2. The van der Waals surface area contributed by atoms with E-state index in [0.29, 0.717) is 26.2 Å². The fraction of sp³-hybridized carbons (Fsp3) is 0.519. The standard InChI is InChI=1S/C27H38N2O6/c1-19-22(7-3-9-25(19)34-15-5-12-28-17-24(31)27(32)33)23-8-4-10-26(20(23)2)35-16-6-13-29-14-11-21(30)18-29/h3-4,7-10,21,24,28,30-31H,5-6,11-18H2,1-2H3,(H,32,33). The van der Waals surface area contributed by atoms with Gasteiger partial charge in [-0.2, -0.15) is 0 Å². The van der Waals surface area contributed by atoms with Crippen LogP contribution >= 0.6 is 0 Å². The highest BCUT2D eigenvalue weighted by Crippen LogP contribution is 2.35. The molecule has 1 aliphatic rings. The van der Waals surface area contributed by atoms with Crippen molar-refractivity contribution in [3.63, 3.8) is 0 Å². The molecule has 4 N–H and O–H groups in total. The zero-order chi connectivity index (χ0) is 25.2. The van der Waals surface area contributed by atoms with Gasteiger partial charge in [0, 0.05) is 26.2 Å². The molecular formula is C27H38N2O6. The molecule has 192 valence electrons. The van der Waals surface area contributed by atoms with Crippen LogP contribution in [0.3, 0.4) is 0 Å². The maximum Gasteiger partial charge on any atom is 0.333 e. The number of hydrogen-bond acceptors (Lipinski definition) is 7. The lowest BCUT2D eigenvalue weighted by atomic mass is 9.95. The lowest BCUT2D eigenvalue weighted by Crippen LogP contribution is -2.33. The van der Waals surface area contributed by atoms with Gasteiger partial charge in [0.25, 0.3) is 0 Å². The van der Waals surface area contributed by atoms with Gasteiger partial charge < -0.3 is 35.0 Å². The molecular weight excluding hydrogens is 448 g/mol. The number of β-amino-alcohol motifs (C(OH)–C–C–N with tert-alkyl or cyclic N) is 1. The Bertz CT molecular complexity index is 967. The third-order valence-corrected chi connectivity index (χ3v) is 6.36. The van der Waals surface area contributed by atoms with E-state index in [9.17, 15) is 15.0 Å². The zero-order valence-electron chi connectivity index (χ0n) is 20.7. The minimum absolute atomic E-state index is 0.0168. The normalized spacial score (nSPS) is 16.9. The number of aliphatic hydroxyl groups excluding tert-OH is 2. The minimum atomic E-state index is -1.39. The lowest BCUT2D eigenvalue weighted by molar-refractivity contribution is -0.146. The van der Waals surface area contributed by atoms with E-state index < -0.39 is 12.1 Å². The Labute approximate surface area is 207 Å². The molecule has 1 aliphatic heterocycles. The molecule has 2 aromatic rings. The molecule has 0 aliphatic carbocycles. The second-order valence-corrected chi connectivity index (χ2v) is 9.06. The summed E-state index contributed by atoms with van der Waals surface area (Å²) in [6, 6.07) is 12.1. The van der Waals surface area contributed by atoms with E-state index in [-0.39, 0.29) is 12.6 Å². The molecule has 2 unspecified atom stereocenters. The zero-order valence-corrected chi connectivity index (χ0v) is 20.7. The van der Waals surface area contributed by atoms with Gasteiger partial charge in [-0.25, -0.2) is 4.79 Å². The Morgan fingerprint density at radius 1 is 1.06 bits per heavy atom. The first-order valence-electron chi connectivity index (χ1n) is 12.3. The van der Waals surface area contributed by atoms with Crippen molar-refractivity contribution >= 4 is 5.97 Å². The Morgan fingerprint density at radius 2 is 1.66 bits per heavy atom. The third kappa shape index (κ3) is 7.93. The highest BCUT2D eigenvalue weighted by atomic mass is 16.5. The highest BCUT2D eigenvalue weighted by Gasteiger charge is 2.19. The summed E-state index contributed by atoms with van der Waals surface area (Å²) in [5.41, 5.74) is 4.34. The summed E-state index contributed by atoms with van der Waals surface area (Å²) in [7, 11) is 0. The molecule has 8 heteroatoms. The molecule has 35 heavy (non-hydrogen) atoms. The predicted octanol–water partition coefficient (Wildman–Crippen LogP) is 2.61. The molecule has 1 heterocycles. The number of nitrogens with one attached hydrogen (secondary N) is 1. The summed E-state index contributed by atoms with van der Waals surface area (Å²) in [5.74, 6) is 0.463. The van der Waals surface area contributed by atoms with Crippen molar-refractivity contribution in [1.82, 2.24) is 10.2 Å². The van der Waals surface area contributed by atoms with Gasteiger partial charge in [-0.05, 0) is 74.0 Å². The van der Waals surface area contributed by atoms with Crippen LogP contribution in [-0.2, 0) is 4.79 Å². The number of aliphatic carboxylic acids is 1. The number of rotatable bonds is 14. The van der Waals surface area contributed by atoms with Crippen molar-refractivity contribution in [2.45, 2.75) is 45.3 Å². The number of likely N-dealkylation sites (tertiary alicyclic amines) is 1. The number of carboxylic acids is 1.